The molecule has 2 rings (SSSR count). The van der Waals surface area contributed by atoms with Gasteiger partial charge in [0.25, 0.3) is 0 Å². The lowest BCUT2D eigenvalue weighted by Gasteiger charge is -2.19. The highest BCUT2D eigenvalue weighted by Gasteiger charge is 2.50. The molecule has 0 heterocycles. The van der Waals surface area contributed by atoms with Gasteiger partial charge in [-0.15, -0.1) is 6.58 Å². The maximum Gasteiger partial charge on any atom is 0.242 e. The highest BCUT2D eigenvalue weighted by Crippen LogP contribution is 2.48. The van der Waals surface area contributed by atoms with Crippen molar-refractivity contribution in [3.05, 3.63) is 24.8 Å². The van der Waals surface area contributed by atoms with Crippen LogP contribution in [0.1, 0.15) is 6.42 Å². The molecule has 0 aromatic heterocycles. The highest BCUT2D eigenvalue weighted by molar-refractivity contribution is 5.95. The minimum absolute atomic E-state index is 0.0181. The van der Waals surface area contributed by atoms with Crippen LogP contribution in [-0.4, -0.2) is 12.2 Å². The predicted molar refractivity (Wildman–Crippen MR) is 48.9 cm³/mol. The van der Waals surface area contributed by atoms with Crippen LogP contribution in [0.2, 0.25) is 0 Å². The van der Waals surface area contributed by atoms with Crippen molar-refractivity contribution in [3.8, 4) is 0 Å². The molecular formula is C11H12F2O. The summed E-state index contributed by atoms with van der Waals surface area (Å²) >= 11 is 0. The molecule has 1 saturated carbocycles. The molecule has 0 aromatic rings. The van der Waals surface area contributed by atoms with E-state index in [-0.39, 0.29) is 17.6 Å². The monoisotopic (exact) mass is 198 g/mol. The standard InChI is InChI=1S/C11H12F2O/c1-2-6-5-7-3-4-8(14)9(7)10(6)11(12)13/h2-4,6-7,9-11H,1,5H2/t6-,7+,9-,10+/m1/s1. The maximum atomic E-state index is 12.8. The van der Waals surface area contributed by atoms with E-state index in [9.17, 15) is 13.6 Å². The Kier molecular flexibility index (Phi) is 2.25. The van der Waals surface area contributed by atoms with Crippen molar-refractivity contribution in [3.63, 3.8) is 0 Å². The summed E-state index contributed by atoms with van der Waals surface area (Å²) in [5.41, 5.74) is 0. The van der Waals surface area contributed by atoms with Crippen LogP contribution in [-0.2, 0) is 4.79 Å². The molecule has 14 heavy (non-hydrogen) atoms. The number of allylic oxidation sites excluding steroid dienone is 3. The van der Waals surface area contributed by atoms with E-state index < -0.39 is 18.3 Å². The fourth-order valence-electron chi connectivity index (χ4n) is 2.70. The van der Waals surface area contributed by atoms with Crippen molar-refractivity contribution in [1.29, 1.82) is 0 Å². The van der Waals surface area contributed by atoms with Crippen molar-refractivity contribution in [2.75, 3.05) is 0 Å². The second-order valence-corrected chi connectivity index (χ2v) is 4.00. The first-order chi connectivity index (χ1) is 6.65. The third-order valence-corrected chi connectivity index (χ3v) is 3.34. The first kappa shape index (κ1) is 9.56. The summed E-state index contributed by atoms with van der Waals surface area (Å²) in [5.74, 6) is -1.63. The van der Waals surface area contributed by atoms with Crippen LogP contribution in [0.3, 0.4) is 0 Å². The van der Waals surface area contributed by atoms with E-state index in [0.717, 1.165) is 0 Å². The Morgan fingerprint density at radius 3 is 2.86 bits per heavy atom. The van der Waals surface area contributed by atoms with E-state index in [1.165, 1.54) is 6.08 Å². The lowest BCUT2D eigenvalue weighted by atomic mass is 9.87. The van der Waals surface area contributed by atoms with Gasteiger partial charge in [-0.1, -0.05) is 12.2 Å². The topological polar surface area (TPSA) is 17.1 Å². The Labute approximate surface area is 81.5 Å². The first-order valence-corrected chi connectivity index (χ1v) is 4.78. The van der Waals surface area contributed by atoms with E-state index in [0.29, 0.717) is 6.42 Å². The molecular weight excluding hydrogens is 186 g/mol. The Morgan fingerprint density at radius 1 is 1.57 bits per heavy atom. The molecule has 0 radical (unpaired) electrons. The summed E-state index contributed by atoms with van der Waals surface area (Å²) in [7, 11) is 0. The van der Waals surface area contributed by atoms with Gasteiger partial charge in [0.2, 0.25) is 6.43 Å². The van der Waals surface area contributed by atoms with Crippen molar-refractivity contribution >= 4 is 5.78 Å². The average molecular weight is 198 g/mol. The molecule has 0 saturated heterocycles. The van der Waals surface area contributed by atoms with Gasteiger partial charge in [-0.3, -0.25) is 4.79 Å². The van der Waals surface area contributed by atoms with Gasteiger partial charge in [0.15, 0.2) is 5.78 Å². The zero-order valence-electron chi connectivity index (χ0n) is 7.70. The van der Waals surface area contributed by atoms with E-state index in [4.69, 9.17) is 0 Å². The third kappa shape index (κ3) is 1.22. The summed E-state index contributed by atoms with van der Waals surface area (Å²) in [6, 6.07) is 0. The molecule has 0 amide bonds. The number of hydrogen-bond acceptors (Lipinski definition) is 1. The summed E-state index contributed by atoms with van der Waals surface area (Å²) in [5, 5.41) is 0. The quantitative estimate of drug-likeness (QED) is 0.623. The van der Waals surface area contributed by atoms with Gasteiger partial charge in [0.05, 0.1) is 0 Å². The van der Waals surface area contributed by atoms with Crippen LogP contribution in [0.4, 0.5) is 8.78 Å². The molecule has 4 atom stereocenters. The Balaban J connectivity index is 2.27. The Morgan fingerprint density at radius 2 is 2.29 bits per heavy atom. The van der Waals surface area contributed by atoms with Crippen LogP contribution >= 0.6 is 0 Å². The molecule has 0 aromatic carbocycles. The number of carbonyl (C=O) groups is 1. The molecule has 0 N–H and O–H groups in total. The van der Waals surface area contributed by atoms with Gasteiger partial charge >= 0.3 is 0 Å². The third-order valence-electron chi connectivity index (χ3n) is 3.34. The zero-order chi connectivity index (χ0) is 10.3. The molecule has 0 unspecified atom stereocenters. The number of alkyl halides is 2. The van der Waals surface area contributed by atoms with Gasteiger partial charge in [0, 0.05) is 11.8 Å². The van der Waals surface area contributed by atoms with Crippen molar-refractivity contribution < 1.29 is 13.6 Å². The Hall–Kier alpha value is -0.990. The number of ketones is 1. The van der Waals surface area contributed by atoms with Gasteiger partial charge < -0.3 is 0 Å². The SMILES string of the molecule is C=C[C@@H]1C[C@@H]2C=CC(=O)[C@@H]2[C@H]1C(F)F. The first-order valence-electron chi connectivity index (χ1n) is 4.78. The van der Waals surface area contributed by atoms with Crippen LogP contribution in [0.25, 0.3) is 0 Å². The minimum atomic E-state index is -2.42. The summed E-state index contributed by atoms with van der Waals surface area (Å²) in [4.78, 5) is 11.4. The van der Waals surface area contributed by atoms with E-state index in [2.05, 4.69) is 6.58 Å². The number of hydrogen-bond donors (Lipinski definition) is 0. The van der Waals surface area contributed by atoms with E-state index >= 15 is 0 Å². The summed E-state index contributed by atoms with van der Waals surface area (Å²) < 4.78 is 25.5. The maximum absolute atomic E-state index is 12.8. The molecule has 0 bridgehead atoms. The number of halogens is 2. The second kappa shape index (κ2) is 3.30. The molecule has 0 spiro atoms. The van der Waals surface area contributed by atoms with E-state index in [1.807, 2.05) is 0 Å². The van der Waals surface area contributed by atoms with Gasteiger partial charge in [-0.25, -0.2) is 8.78 Å². The van der Waals surface area contributed by atoms with Crippen molar-refractivity contribution in [2.45, 2.75) is 12.8 Å². The fourth-order valence-corrected chi connectivity index (χ4v) is 2.70. The van der Waals surface area contributed by atoms with Crippen molar-refractivity contribution in [1.82, 2.24) is 0 Å². The number of fused-ring (bicyclic) bond motifs is 1. The molecule has 3 heteroatoms. The predicted octanol–water partition coefficient (Wildman–Crippen LogP) is 2.44. The normalized spacial score (nSPS) is 40.6. The highest BCUT2D eigenvalue weighted by atomic mass is 19.3. The molecule has 0 aliphatic heterocycles. The molecule has 76 valence electrons. The summed E-state index contributed by atoms with van der Waals surface area (Å²) in [6.45, 7) is 3.56. The van der Waals surface area contributed by atoms with Gasteiger partial charge in [-0.2, -0.15) is 0 Å². The van der Waals surface area contributed by atoms with Crippen LogP contribution in [0, 0.1) is 23.7 Å². The lowest BCUT2D eigenvalue weighted by Crippen LogP contribution is -2.27. The van der Waals surface area contributed by atoms with Crippen LogP contribution < -0.4 is 0 Å². The molecule has 1 nitrogen and oxygen atoms in total. The fraction of sp³-hybridized carbons (Fsp3) is 0.545. The number of rotatable bonds is 2. The van der Waals surface area contributed by atoms with E-state index in [1.54, 1.807) is 12.2 Å². The largest absolute Gasteiger partial charge is 0.295 e. The Bertz CT molecular complexity index is 296. The minimum Gasteiger partial charge on any atom is -0.295 e. The smallest absolute Gasteiger partial charge is 0.242 e. The molecule has 2 aliphatic carbocycles. The molecule has 2 aliphatic rings. The second-order valence-electron chi connectivity index (χ2n) is 4.00. The van der Waals surface area contributed by atoms with Crippen LogP contribution in [0.5, 0.6) is 0 Å². The van der Waals surface area contributed by atoms with Gasteiger partial charge in [-0.05, 0) is 24.3 Å². The number of carbonyl (C=O) groups excluding carboxylic acids is 1. The van der Waals surface area contributed by atoms with Crippen molar-refractivity contribution in [2.24, 2.45) is 23.7 Å². The zero-order valence-corrected chi connectivity index (χ0v) is 7.70. The lowest BCUT2D eigenvalue weighted by molar-refractivity contribution is -0.121. The average Bonchev–Trinajstić information content (AvgIpc) is 2.65. The van der Waals surface area contributed by atoms with Crippen LogP contribution in [0.15, 0.2) is 24.8 Å². The van der Waals surface area contributed by atoms with Gasteiger partial charge in [0.1, 0.15) is 0 Å². The molecule has 1 fully saturated rings. The summed E-state index contributed by atoms with van der Waals surface area (Å²) in [6.07, 6.45) is 3.01.